The summed E-state index contributed by atoms with van der Waals surface area (Å²) in [6.07, 6.45) is 0. The molecule has 0 saturated carbocycles. The molecule has 0 bridgehead atoms. The van der Waals surface area contributed by atoms with E-state index in [9.17, 15) is 14.4 Å². The first-order chi connectivity index (χ1) is 15.7. The number of aromatic amines is 1. The number of rotatable bonds is 5. The minimum atomic E-state index is -0.309. The molecule has 2 aromatic carbocycles. The van der Waals surface area contributed by atoms with Crippen molar-refractivity contribution in [3.8, 4) is 0 Å². The van der Waals surface area contributed by atoms with Gasteiger partial charge in [0, 0.05) is 57.5 Å². The van der Waals surface area contributed by atoms with Gasteiger partial charge in [-0.2, -0.15) is 0 Å². The van der Waals surface area contributed by atoms with E-state index in [-0.39, 0.29) is 29.6 Å². The first kappa shape index (κ1) is 22.6. The molecule has 2 heterocycles. The fraction of sp³-hybridized carbons (Fsp3) is 0.346. The molecule has 1 saturated heterocycles. The van der Waals surface area contributed by atoms with E-state index < -0.39 is 0 Å². The molecule has 0 aliphatic carbocycles. The lowest BCUT2D eigenvalue weighted by Crippen LogP contribution is -2.35. The van der Waals surface area contributed by atoms with Gasteiger partial charge in [-0.15, -0.1) is 0 Å². The molecule has 0 unspecified atom stereocenters. The van der Waals surface area contributed by atoms with E-state index in [1.165, 1.54) is 6.92 Å². The Labute approximate surface area is 193 Å². The molecule has 0 spiro atoms. The minimum Gasteiger partial charge on any atom is -0.352 e. The van der Waals surface area contributed by atoms with Gasteiger partial charge in [-0.25, -0.2) is 0 Å². The summed E-state index contributed by atoms with van der Waals surface area (Å²) in [4.78, 5) is 44.2. The smallest absolute Gasteiger partial charge is 0.270 e. The Morgan fingerprint density at radius 3 is 2.45 bits per heavy atom. The van der Waals surface area contributed by atoms with Crippen LogP contribution in [0.3, 0.4) is 0 Å². The zero-order valence-corrected chi connectivity index (χ0v) is 19.5. The molecule has 33 heavy (non-hydrogen) atoms. The van der Waals surface area contributed by atoms with Crippen molar-refractivity contribution in [1.29, 1.82) is 0 Å². The molecule has 1 fully saturated rings. The van der Waals surface area contributed by atoms with E-state index in [4.69, 9.17) is 0 Å². The van der Waals surface area contributed by atoms with Crippen molar-refractivity contribution >= 4 is 28.6 Å². The summed E-state index contributed by atoms with van der Waals surface area (Å²) in [7, 11) is 3.50. The number of fused-ring (bicyclic) bond motifs is 1. The van der Waals surface area contributed by atoms with Crippen LogP contribution >= 0.6 is 0 Å². The molecule has 2 N–H and O–H groups in total. The van der Waals surface area contributed by atoms with Gasteiger partial charge in [0.05, 0.1) is 5.92 Å². The summed E-state index contributed by atoms with van der Waals surface area (Å²) in [6, 6.07) is 15.8. The van der Waals surface area contributed by atoms with Crippen molar-refractivity contribution in [3.05, 3.63) is 70.9 Å². The fourth-order valence-corrected chi connectivity index (χ4v) is 4.59. The van der Waals surface area contributed by atoms with Gasteiger partial charge in [0.1, 0.15) is 5.69 Å². The van der Waals surface area contributed by atoms with E-state index in [0.29, 0.717) is 25.3 Å². The minimum absolute atomic E-state index is 0.0186. The Bertz CT molecular complexity index is 1200. The number of hydrogen-bond acceptors (Lipinski definition) is 3. The Balaban J connectivity index is 1.58. The molecule has 2 atom stereocenters. The van der Waals surface area contributed by atoms with Crippen LogP contribution < -0.4 is 5.32 Å². The third-order valence-electron chi connectivity index (χ3n) is 6.43. The van der Waals surface area contributed by atoms with Crippen LogP contribution in [0.1, 0.15) is 40.0 Å². The van der Waals surface area contributed by atoms with Crippen molar-refractivity contribution in [2.45, 2.75) is 26.3 Å². The van der Waals surface area contributed by atoms with Crippen LogP contribution in [-0.4, -0.2) is 59.7 Å². The van der Waals surface area contributed by atoms with Crippen LogP contribution in [0.25, 0.3) is 10.9 Å². The highest BCUT2D eigenvalue weighted by atomic mass is 16.2. The second-order valence-corrected chi connectivity index (χ2v) is 9.03. The lowest BCUT2D eigenvalue weighted by molar-refractivity contribution is -0.132. The number of hydrogen-bond donors (Lipinski definition) is 2. The molecule has 3 aromatic rings. The zero-order chi connectivity index (χ0) is 23.7. The third kappa shape index (κ3) is 4.62. The van der Waals surface area contributed by atoms with Gasteiger partial charge in [-0.1, -0.05) is 36.4 Å². The van der Waals surface area contributed by atoms with Crippen molar-refractivity contribution in [3.63, 3.8) is 0 Å². The summed E-state index contributed by atoms with van der Waals surface area (Å²) in [5.74, 6) is -0.550. The van der Waals surface area contributed by atoms with Crippen molar-refractivity contribution in [2.24, 2.45) is 5.92 Å². The number of aryl methyl sites for hydroxylation is 1. The summed E-state index contributed by atoms with van der Waals surface area (Å²) < 4.78 is 0. The highest BCUT2D eigenvalue weighted by Crippen LogP contribution is 2.35. The summed E-state index contributed by atoms with van der Waals surface area (Å²) in [5.41, 5.74) is 4.60. The third-order valence-corrected chi connectivity index (χ3v) is 6.43. The standard InChI is InChI=1S/C26H30N4O3/c1-16-6-5-7-23-20(16)12-24(28-23)26(33)30-14-21(22(15-30)25(32)29(3)4)19-10-8-18(9-11-19)13-27-17(2)31/h5-12,21-22,28H,13-15H2,1-4H3,(H,27,31)/t21-,22+/m1/s1. The molecule has 1 aromatic heterocycles. The van der Waals surface area contributed by atoms with Gasteiger partial charge in [0.2, 0.25) is 11.8 Å². The Hall–Kier alpha value is -3.61. The number of H-pyrrole nitrogens is 1. The topological polar surface area (TPSA) is 85.5 Å². The monoisotopic (exact) mass is 446 g/mol. The van der Waals surface area contributed by atoms with E-state index in [1.807, 2.05) is 55.5 Å². The second-order valence-electron chi connectivity index (χ2n) is 9.03. The Morgan fingerprint density at radius 2 is 1.82 bits per heavy atom. The van der Waals surface area contributed by atoms with Crippen LogP contribution in [-0.2, 0) is 16.1 Å². The Morgan fingerprint density at radius 1 is 1.09 bits per heavy atom. The summed E-state index contributed by atoms with van der Waals surface area (Å²) in [6.45, 7) is 4.83. The molecule has 7 nitrogen and oxygen atoms in total. The van der Waals surface area contributed by atoms with Crippen LogP contribution in [0.15, 0.2) is 48.5 Å². The number of amides is 3. The lowest BCUT2D eigenvalue weighted by atomic mass is 9.87. The number of nitrogens with zero attached hydrogens (tertiary/aromatic N) is 2. The van der Waals surface area contributed by atoms with E-state index in [0.717, 1.165) is 27.6 Å². The van der Waals surface area contributed by atoms with Gasteiger partial charge in [-0.05, 0) is 35.7 Å². The largest absolute Gasteiger partial charge is 0.352 e. The number of carbonyl (C=O) groups is 3. The average molecular weight is 447 g/mol. The number of nitrogens with one attached hydrogen (secondary N) is 2. The maximum atomic E-state index is 13.4. The number of benzene rings is 2. The van der Waals surface area contributed by atoms with E-state index >= 15 is 0 Å². The van der Waals surface area contributed by atoms with Gasteiger partial charge in [0.25, 0.3) is 5.91 Å². The van der Waals surface area contributed by atoms with Crippen molar-refractivity contribution in [2.75, 3.05) is 27.2 Å². The van der Waals surface area contributed by atoms with Gasteiger partial charge in [0.15, 0.2) is 0 Å². The quantitative estimate of drug-likeness (QED) is 0.632. The molecule has 172 valence electrons. The molecule has 7 heteroatoms. The predicted molar refractivity (Wildman–Crippen MR) is 128 cm³/mol. The van der Waals surface area contributed by atoms with Crippen molar-refractivity contribution < 1.29 is 14.4 Å². The molecule has 1 aliphatic rings. The fourth-order valence-electron chi connectivity index (χ4n) is 4.59. The van der Waals surface area contributed by atoms with Crippen LogP contribution in [0, 0.1) is 12.8 Å². The van der Waals surface area contributed by atoms with E-state index in [1.54, 1.807) is 23.9 Å². The SMILES string of the molecule is CC(=O)NCc1ccc([C@H]2CN(C(=O)c3cc4c(C)cccc4[nH]3)C[C@@H]2C(=O)N(C)C)cc1. The number of carbonyl (C=O) groups excluding carboxylic acids is 3. The highest BCUT2D eigenvalue weighted by Gasteiger charge is 2.41. The number of likely N-dealkylation sites (tertiary alicyclic amines) is 1. The molecular formula is C26H30N4O3. The highest BCUT2D eigenvalue weighted by molar-refractivity contribution is 5.99. The first-order valence-corrected chi connectivity index (χ1v) is 11.2. The van der Waals surface area contributed by atoms with Crippen molar-refractivity contribution in [1.82, 2.24) is 20.1 Å². The van der Waals surface area contributed by atoms with Crippen LogP contribution in [0.4, 0.5) is 0 Å². The van der Waals surface area contributed by atoms with Crippen LogP contribution in [0.2, 0.25) is 0 Å². The predicted octanol–water partition coefficient (Wildman–Crippen LogP) is 3.06. The first-order valence-electron chi connectivity index (χ1n) is 11.2. The maximum Gasteiger partial charge on any atom is 0.270 e. The Kier molecular flexibility index (Phi) is 6.22. The normalized spacial score (nSPS) is 17.9. The lowest BCUT2D eigenvalue weighted by Gasteiger charge is -2.21. The molecule has 4 rings (SSSR count). The molecule has 3 amide bonds. The molecule has 0 radical (unpaired) electrons. The van der Waals surface area contributed by atoms with E-state index in [2.05, 4.69) is 10.3 Å². The second kappa shape index (κ2) is 9.10. The maximum absolute atomic E-state index is 13.4. The molecule has 1 aliphatic heterocycles. The zero-order valence-electron chi connectivity index (χ0n) is 19.5. The van der Waals surface area contributed by atoms with Gasteiger partial charge in [-0.3, -0.25) is 14.4 Å². The number of aromatic nitrogens is 1. The average Bonchev–Trinajstić information content (AvgIpc) is 3.43. The summed E-state index contributed by atoms with van der Waals surface area (Å²) in [5, 5.41) is 3.83. The summed E-state index contributed by atoms with van der Waals surface area (Å²) >= 11 is 0. The van der Waals surface area contributed by atoms with Gasteiger partial charge < -0.3 is 20.1 Å². The van der Waals surface area contributed by atoms with Gasteiger partial charge >= 0.3 is 0 Å². The van der Waals surface area contributed by atoms with Crippen LogP contribution in [0.5, 0.6) is 0 Å². The molecular weight excluding hydrogens is 416 g/mol.